The second-order valence-electron chi connectivity index (χ2n) is 4.07. The lowest BCUT2D eigenvalue weighted by Gasteiger charge is -2.15. The summed E-state index contributed by atoms with van der Waals surface area (Å²) < 4.78 is 13.9. The van der Waals surface area contributed by atoms with Gasteiger partial charge in [-0.05, 0) is 40.4 Å². The summed E-state index contributed by atoms with van der Waals surface area (Å²) >= 11 is 8.79. The summed E-state index contributed by atoms with van der Waals surface area (Å²) in [4.78, 5) is 10.8. The summed E-state index contributed by atoms with van der Waals surface area (Å²) in [6, 6.07) is 3.17. The minimum atomic E-state index is -0.861. The first kappa shape index (κ1) is 11.9. The number of rotatable bonds is 3. The zero-order valence-corrected chi connectivity index (χ0v) is 10.6. The molecule has 1 saturated carbocycles. The van der Waals surface area contributed by atoms with Gasteiger partial charge >= 0.3 is 5.97 Å². The van der Waals surface area contributed by atoms with E-state index in [0.717, 1.165) is 12.8 Å². The lowest BCUT2D eigenvalue weighted by molar-refractivity contribution is -0.137. The van der Waals surface area contributed by atoms with Crippen molar-refractivity contribution in [1.29, 1.82) is 0 Å². The molecule has 1 N–H and O–H groups in total. The van der Waals surface area contributed by atoms with E-state index in [2.05, 4.69) is 15.9 Å². The van der Waals surface area contributed by atoms with Crippen molar-refractivity contribution in [2.24, 2.45) is 0 Å². The fourth-order valence-corrected chi connectivity index (χ4v) is 2.96. The highest BCUT2D eigenvalue weighted by atomic mass is 79.9. The normalized spacial score (nSPS) is 17.2. The van der Waals surface area contributed by atoms with Crippen molar-refractivity contribution in [3.63, 3.8) is 0 Å². The molecule has 0 aliphatic heterocycles. The van der Waals surface area contributed by atoms with Gasteiger partial charge in [0.2, 0.25) is 0 Å². The molecule has 1 aliphatic carbocycles. The Morgan fingerprint density at radius 1 is 1.56 bits per heavy atom. The zero-order chi connectivity index (χ0) is 11.9. The number of halogens is 3. The first-order valence-electron chi connectivity index (χ1n) is 4.82. The zero-order valence-electron chi connectivity index (χ0n) is 8.27. The number of benzene rings is 1. The van der Waals surface area contributed by atoms with Gasteiger partial charge < -0.3 is 5.11 Å². The molecular formula is C11H9BrClFO2. The van der Waals surface area contributed by atoms with E-state index >= 15 is 0 Å². The van der Waals surface area contributed by atoms with Gasteiger partial charge in [-0.25, -0.2) is 4.39 Å². The molecule has 1 aliphatic rings. The highest BCUT2D eigenvalue weighted by molar-refractivity contribution is 9.10. The molecule has 5 heteroatoms. The molecule has 1 fully saturated rings. The van der Waals surface area contributed by atoms with Crippen LogP contribution in [0.15, 0.2) is 16.6 Å². The Hall–Kier alpha value is -0.610. The van der Waals surface area contributed by atoms with Crippen molar-refractivity contribution in [3.8, 4) is 0 Å². The van der Waals surface area contributed by atoms with Crippen molar-refractivity contribution in [3.05, 3.63) is 33.0 Å². The Labute approximate surface area is 106 Å². The largest absolute Gasteiger partial charge is 0.481 e. The summed E-state index contributed by atoms with van der Waals surface area (Å²) in [7, 11) is 0. The van der Waals surface area contributed by atoms with E-state index in [1.54, 1.807) is 6.07 Å². The van der Waals surface area contributed by atoms with Crippen molar-refractivity contribution in [2.75, 3.05) is 0 Å². The van der Waals surface area contributed by atoms with E-state index in [9.17, 15) is 9.18 Å². The molecular weight excluding hydrogens is 298 g/mol. The van der Waals surface area contributed by atoms with Crippen LogP contribution < -0.4 is 0 Å². The Balaban J connectivity index is 2.42. The molecule has 2 nitrogen and oxygen atoms in total. The topological polar surface area (TPSA) is 37.3 Å². The van der Waals surface area contributed by atoms with Gasteiger partial charge in [-0.3, -0.25) is 4.79 Å². The van der Waals surface area contributed by atoms with Gasteiger partial charge in [0.15, 0.2) is 5.82 Å². The number of carboxylic acids is 1. The molecule has 1 aromatic carbocycles. The fourth-order valence-electron chi connectivity index (χ4n) is 1.92. The smallest absolute Gasteiger partial charge is 0.304 e. The lowest BCUT2D eigenvalue weighted by Crippen LogP contribution is -2.14. The molecule has 0 radical (unpaired) electrons. The van der Waals surface area contributed by atoms with E-state index in [-0.39, 0.29) is 11.4 Å². The maximum atomic E-state index is 13.6. The molecule has 0 unspecified atom stereocenters. The Morgan fingerprint density at radius 2 is 2.19 bits per heavy atom. The molecule has 0 atom stereocenters. The fraction of sp³-hybridized carbons (Fsp3) is 0.364. The van der Waals surface area contributed by atoms with E-state index in [1.165, 1.54) is 6.07 Å². The second kappa shape index (κ2) is 4.00. The van der Waals surface area contributed by atoms with Gasteiger partial charge in [-0.1, -0.05) is 17.7 Å². The molecule has 0 heterocycles. The predicted octanol–water partition coefficient (Wildman–Crippen LogP) is 3.75. The van der Waals surface area contributed by atoms with Crippen LogP contribution in [-0.4, -0.2) is 11.1 Å². The average molecular weight is 308 g/mol. The molecule has 1 aromatic rings. The van der Waals surface area contributed by atoms with Gasteiger partial charge in [0, 0.05) is 5.41 Å². The SMILES string of the molecule is O=C(O)CC1(c2ccc(Cl)c(F)c2Br)CC1. The van der Waals surface area contributed by atoms with Crippen LogP contribution in [0.3, 0.4) is 0 Å². The molecule has 0 aromatic heterocycles. The van der Waals surface area contributed by atoms with Gasteiger partial charge in [0.25, 0.3) is 0 Å². The van der Waals surface area contributed by atoms with Crippen LogP contribution in [-0.2, 0) is 10.2 Å². The molecule has 0 amide bonds. The number of carbonyl (C=O) groups is 1. The highest BCUT2D eigenvalue weighted by Gasteiger charge is 2.47. The van der Waals surface area contributed by atoms with Crippen LogP contribution in [0.2, 0.25) is 5.02 Å². The number of hydrogen-bond acceptors (Lipinski definition) is 1. The summed E-state index contributed by atoms with van der Waals surface area (Å²) in [5.74, 6) is -1.38. The number of aliphatic carboxylic acids is 1. The first-order chi connectivity index (χ1) is 7.46. The Bertz CT molecular complexity index is 458. The minimum Gasteiger partial charge on any atom is -0.481 e. The van der Waals surface area contributed by atoms with Gasteiger partial charge in [0.05, 0.1) is 15.9 Å². The van der Waals surface area contributed by atoms with Crippen LogP contribution in [0.25, 0.3) is 0 Å². The molecule has 16 heavy (non-hydrogen) atoms. The maximum Gasteiger partial charge on any atom is 0.304 e. The number of hydrogen-bond donors (Lipinski definition) is 1. The third kappa shape index (κ3) is 1.96. The maximum absolute atomic E-state index is 13.6. The van der Waals surface area contributed by atoms with Crippen LogP contribution >= 0.6 is 27.5 Å². The Morgan fingerprint density at radius 3 is 2.69 bits per heavy atom. The van der Waals surface area contributed by atoms with Crippen LogP contribution in [0.5, 0.6) is 0 Å². The summed E-state index contributed by atoms with van der Waals surface area (Å²) in [6.07, 6.45) is 1.59. The minimum absolute atomic E-state index is 0.0344. The van der Waals surface area contributed by atoms with E-state index in [0.29, 0.717) is 10.0 Å². The van der Waals surface area contributed by atoms with Crippen LogP contribution in [0, 0.1) is 5.82 Å². The third-order valence-electron chi connectivity index (χ3n) is 2.95. The van der Waals surface area contributed by atoms with Crippen molar-refractivity contribution in [2.45, 2.75) is 24.7 Å². The summed E-state index contributed by atoms with van der Waals surface area (Å²) in [6.45, 7) is 0. The van der Waals surface area contributed by atoms with Crippen molar-refractivity contribution < 1.29 is 14.3 Å². The number of carboxylic acid groups (broad SMARTS) is 1. The lowest BCUT2D eigenvalue weighted by atomic mass is 9.92. The van der Waals surface area contributed by atoms with Crippen LogP contribution in [0.4, 0.5) is 4.39 Å². The standard InChI is InChI=1S/C11H9BrClFO2/c12-9-6(1-2-7(13)10(9)14)11(3-4-11)5-8(15)16/h1-2H,3-5H2,(H,15,16). The van der Waals surface area contributed by atoms with Gasteiger partial charge in [0.1, 0.15) is 0 Å². The van der Waals surface area contributed by atoms with Crippen molar-refractivity contribution >= 4 is 33.5 Å². The summed E-state index contributed by atoms with van der Waals surface area (Å²) in [5, 5.41) is 8.87. The quantitative estimate of drug-likeness (QED) is 0.864. The van der Waals surface area contributed by atoms with E-state index in [4.69, 9.17) is 16.7 Å². The van der Waals surface area contributed by atoms with E-state index < -0.39 is 17.2 Å². The first-order valence-corrected chi connectivity index (χ1v) is 5.99. The predicted molar refractivity (Wildman–Crippen MR) is 62.3 cm³/mol. The molecule has 86 valence electrons. The van der Waals surface area contributed by atoms with Crippen LogP contribution in [0.1, 0.15) is 24.8 Å². The van der Waals surface area contributed by atoms with Crippen molar-refractivity contribution in [1.82, 2.24) is 0 Å². The average Bonchev–Trinajstić information content (AvgIpc) is 2.94. The highest BCUT2D eigenvalue weighted by Crippen LogP contribution is 2.53. The summed E-state index contributed by atoms with van der Waals surface area (Å²) in [5.41, 5.74) is 0.299. The third-order valence-corrected chi connectivity index (χ3v) is 4.02. The molecule has 2 rings (SSSR count). The van der Waals surface area contributed by atoms with E-state index in [1.807, 2.05) is 0 Å². The molecule has 0 spiro atoms. The van der Waals surface area contributed by atoms with Gasteiger partial charge in [-0.2, -0.15) is 0 Å². The monoisotopic (exact) mass is 306 g/mol. The molecule has 0 bridgehead atoms. The molecule has 0 saturated heterocycles. The second-order valence-corrected chi connectivity index (χ2v) is 5.27. The van der Waals surface area contributed by atoms with Gasteiger partial charge in [-0.15, -0.1) is 0 Å². The Kier molecular flexibility index (Phi) is 2.97.